The molecule has 0 fully saturated rings. The number of fused-ring (bicyclic) bond motifs is 1. The smallest absolute Gasteiger partial charge is 0.252 e. The highest BCUT2D eigenvalue weighted by Crippen LogP contribution is 2.32. The molecular weight excluding hydrogens is 507 g/mol. The van der Waals surface area contributed by atoms with Gasteiger partial charge in [-0.3, -0.25) is 4.79 Å². The van der Waals surface area contributed by atoms with E-state index in [2.05, 4.69) is 4.98 Å². The van der Waals surface area contributed by atoms with Gasteiger partial charge in [0.05, 0.1) is 24.6 Å². The van der Waals surface area contributed by atoms with E-state index in [0.29, 0.717) is 28.0 Å². The largest absolute Gasteiger partial charge is 0.493 e. The summed E-state index contributed by atoms with van der Waals surface area (Å²) in [7, 11) is -1.01. The fourth-order valence-corrected chi connectivity index (χ4v) is 5.59. The zero-order chi connectivity index (χ0) is 27.7. The van der Waals surface area contributed by atoms with Crippen molar-refractivity contribution in [1.82, 2.24) is 9.29 Å². The molecule has 0 aliphatic rings. The topological polar surface area (TPSA) is 88.7 Å². The molecule has 0 aliphatic carbocycles. The van der Waals surface area contributed by atoms with Gasteiger partial charge in [-0.25, -0.2) is 12.8 Å². The lowest BCUT2D eigenvalue weighted by molar-refractivity contribution is 0.355. The van der Waals surface area contributed by atoms with Gasteiger partial charge in [-0.15, -0.1) is 0 Å². The van der Waals surface area contributed by atoms with E-state index in [-0.39, 0.29) is 29.0 Å². The summed E-state index contributed by atoms with van der Waals surface area (Å²) < 4.78 is 53.1. The molecule has 1 aromatic heterocycles. The lowest BCUT2D eigenvalue weighted by Crippen LogP contribution is -2.32. The Balaban J connectivity index is 1.78. The number of methoxy groups -OCH3 is 2. The summed E-state index contributed by atoms with van der Waals surface area (Å²) in [4.78, 5) is 16.0. The third-order valence-electron chi connectivity index (χ3n) is 6.40. The van der Waals surface area contributed by atoms with E-state index in [1.54, 1.807) is 42.5 Å². The molecule has 0 unspecified atom stereocenters. The Hall–Kier alpha value is -3.69. The van der Waals surface area contributed by atoms with Crippen molar-refractivity contribution in [2.75, 3.05) is 14.2 Å². The molecule has 7 nitrogen and oxygen atoms in total. The van der Waals surface area contributed by atoms with Crippen molar-refractivity contribution >= 4 is 20.9 Å². The number of aromatic nitrogens is 1. The first-order valence-electron chi connectivity index (χ1n) is 12.1. The van der Waals surface area contributed by atoms with Crippen LogP contribution in [-0.2, 0) is 28.5 Å². The van der Waals surface area contributed by atoms with E-state index >= 15 is 0 Å². The maximum absolute atomic E-state index is 13.8. The van der Waals surface area contributed by atoms with Crippen LogP contribution in [0.3, 0.4) is 0 Å². The Morgan fingerprint density at radius 2 is 1.47 bits per heavy atom. The van der Waals surface area contributed by atoms with Crippen molar-refractivity contribution in [3.05, 3.63) is 99.6 Å². The van der Waals surface area contributed by atoms with Crippen LogP contribution in [0.1, 0.15) is 37.5 Å². The van der Waals surface area contributed by atoms with Crippen LogP contribution < -0.4 is 15.0 Å². The van der Waals surface area contributed by atoms with Crippen LogP contribution in [0.15, 0.2) is 76.4 Å². The van der Waals surface area contributed by atoms with Crippen LogP contribution in [0, 0.1) is 5.82 Å². The summed E-state index contributed by atoms with van der Waals surface area (Å²) in [6.07, 6.45) is 0. The SMILES string of the molecule is COc1cc2cc(CN(Cc3ccc(F)cc3)S(=O)(=O)c3ccc(C(C)(C)C)cc3)c(=O)[nH]c2cc1OC. The second kappa shape index (κ2) is 10.6. The van der Waals surface area contributed by atoms with Crippen molar-refractivity contribution in [3.63, 3.8) is 0 Å². The van der Waals surface area contributed by atoms with Gasteiger partial charge in [-0.2, -0.15) is 4.31 Å². The highest BCUT2D eigenvalue weighted by atomic mass is 32.2. The molecule has 0 atom stereocenters. The number of nitrogens with zero attached hydrogens (tertiary/aromatic N) is 1. The molecule has 1 heterocycles. The van der Waals surface area contributed by atoms with Gasteiger partial charge < -0.3 is 14.5 Å². The van der Waals surface area contributed by atoms with E-state index in [9.17, 15) is 17.6 Å². The van der Waals surface area contributed by atoms with E-state index in [0.717, 1.165) is 5.56 Å². The summed E-state index contributed by atoms with van der Waals surface area (Å²) in [5, 5.41) is 0.658. The molecule has 38 heavy (non-hydrogen) atoms. The normalized spacial score (nSPS) is 12.2. The second-order valence-corrected chi connectivity index (χ2v) is 12.0. The van der Waals surface area contributed by atoms with Gasteiger partial charge in [-0.05, 0) is 52.9 Å². The van der Waals surface area contributed by atoms with Gasteiger partial charge in [0.15, 0.2) is 11.5 Å². The lowest BCUT2D eigenvalue weighted by Gasteiger charge is -2.24. The third kappa shape index (κ3) is 5.74. The van der Waals surface area contributed by atoms with E-state index in [1.165, 1.54) is 42.8 Å². The second-order valence-electron chi connectivity index (χ2n) is 10.1. The molecule has 0 saturated carbocycles. The molecule has 4 aromatic rings. The Bertz CT molecular complexity index is 1610. The van der Waals surface area contributed by atoms with Crippen molar-refractivity contribution in [3.8, 4) is 11.5 Å². The lowest BCUT2D eigenvalue weighted by atomic mass is 9.87. The Morgan fingerprint density at radius 3 is 2.05 bits per heavy atom. The van der Waals surface area contributed by atoms with E-state index in [4.69, 9.17) is 9.47 Å². The van der Waals surface area contributed by atoms with Gasteiger partial charge in [-0.1, -0.05) is 45.0 Å². The minimum atomic E-state index is -4.02. The predicted molar refractivity (Wildman–Crippen MR) is 146 cm³/mol. The molecule has 0 aliphatic heterocycles. The average molecular weight is 539 g/mol. The monoisotopic (exact) mass is 538 g/mol. The van der Waals surface area contributed by atoms with Crippen molar-refractivity contribution < 1.29 is 22.3 Å². The van der Waals surface area contributed by atoms with Gasteiger partial charge in [0.1, 0.15) is 5.82 Å². The quantitative estimate of drug-likeness (QED) is 0.326. The summed E-state index contributed by atoms with van der Waals surface area (Å²) in [6.45, 7) is 5.91. The molecule has 200 valence electrons. The first-order chi connectivity index (χ1) is 17.9. The highest BCUT2D eigenvalue weighted by Gasteiger charge is 2.27. The number of ether oxygens (including phenoxy) is 2. The van der Waals surface area contributed by atoms with Gasteiger partial charge in [0.2, 0.25) is 10.0 Å². The van der Waals surface area contributed by atoms with Crippen molar-refractivity contribution in [2.45, 2.75) is 44.2 Å². The number of aromatic amines is 1. The molecule has 0 radical (unpaired) electrons. The van der Waals surface area contributed by atoms with Crippen molar-refractivity contribution in [1.29, 1.82) is 0 Å². The number of rotatable bonds is 8. The number of benzene rings is 3. The number of H-pyrrole nitrogens is 1. The Kier molecular flexibility index (Phi) is 7.62. The summed E-state index contributed by atoms with van der Waals surface area (Å²) in [6, 6.07) is 17.4. The highest BCUT2D eigenvalue weighted by molar-refractivity contribution is 7.89. The maximum atomic E-state index is 13.8. The van der Waals surface area contributed by atoms with Crippen molar-refractivity contribution in [2.24, 2.45) is 0 Å². The fourth-order valence-electron chi connectivity index (χ4n) is 4.18. The van der Waals surface area contributed by atoms with Gasteiger partial charge in [0, 0.05) is 30.1 Å². The van der Waals surface area contributed by atoms with Crippen LogP contribution in [0.25, 0.3) is 10.9 Å². The molecular formula is C29H31FN2O5S. The number of hydrogen-bond acceptors (Lipinski definition) is 5. The number of hydrogen-bond donors (Lipinski definition) is 1. The maximum Gasteiger partial charge on any atom is 0.252 e. The predicted octanol–water partition coefficient (Wildman–Crippen LogP) is 5.37. The van der Waals surface area contributed by atoms with Crippen LogP contribution in [0.5, 0.6) is 11.5 Å². The molecule has 3 aromatic carbocycles. The van der Waals surface area contributed by atoms with E-state index < -0.39 is 21.4 Å². The molecule has 4 rings (SSSR count). The van der Waals surface area contributed by atoms with Crippen LogP contribution in [-0.4, -0.2) is 31.9 Å². The molecule has 0 amide bonds. The molecule has 9 heteroatoms. The molecule has 0 saturated heterocycles. The summed E-state index contributed by atoms with van der Waals surface area (Å²) in [5.74, 6) is 0.520. The minimum Gasteiger partial charge on any atom is -0.493 e. The summed E-state index contributed by atoms with van der Waals surface area (Å²) in [5.41, 5.74) is 1.80. The van der Waals surface area contributed by atoms with Crippen LogP contribution >= 0.6 is 0 Å². The summed E-state index contributed by atoms with van der Waals surface area (Å²) >= 11 is 0. The standard InChI is InChI=1S/C29H31FN2O5S/c1-29(2,3)22-8-12-24(13-9-22)38(34,35)32(17-19-6-10-23(30)11-7-19)18-21-14-20-15-26(36-4)27(37-5)16-25(20)31-28(21)33/h6-16H,17-18H2,1-5H3,(H,31,33). The first-order valence-corrected chi connectivity index (χ1v) is 13.5. The molecule has 1 N–H and O–H groups in total. The molecule has 0 spiro atoms. The zero-order valence-electron chi connectivity index (χ0n) is 22.0. The van der Waals surface area contributed by atoms with Crippen LogP contribution in [0.4, 0.5) is 4.39 Å². The van der Waals surface area contributed by atoms with E-state index in [1.807, 2.05) is 20.8 Å². The number of halogens is 1. The minimum absolute atomic E-state index is 0.0486. The average Bonchev–Trinajstić information content (AvgIpc) is 2.88. The zero-order valence-corrected chi connectivity index (χ0v) is 22.9. The van der Waals surface area contributed by atoms with Gasteiger partial charge in [0.25, 0.3) is 5.56 Å². The van der Waals surface area contributed by atoms with Crippen LogP contribution in [0.2, 0.25) is 0 Å². The third-order valence-corrected chi connectivity index (χ3v) is 8.21. The first kappa shape index (κ1) is 27.3. The number of pyridine rings is 1. The fraction of sp³-hybridized carbons (Fsp3) is 0.276. The Labute approximate surface area is 221 Å². The number of nitrogens with one attached hydrogen (secondary N) is 1. The van der Waals surface area contributed by atoms with Gasteiger partial charge >= 0.3 is 0 Å². The molecule has 0 bridgehead atoms. The Morgan fingerprint density at radius 1 is 0.868 bits per heavy atom. The number of sulfonamides is 1.